The Kier molecular flexibility index (Phi) is 2.24. The van der Waals surface area contributed by atoms with Gasteiger partial charge in [-0.2, -0.15) is 15.4 Å². The number of anilines is 1. The summed E-state index contributed by atoms with van der Waals surface area (Å²) in [7, 11) is 0. The van der Waals surface area contributed by atoms with Crippen molar-refractivity contribution in [2.75, 3.05) is 5.32 Å². The van der Waals surface area contributed by atoms with Gasteiger partial charge in [0.1, 0.15) is 16.7 Å². The maximum atomic E-state index is 11.0. The van der Waals surface area contributed by atoms with Crippen LogP contribution in [0, 0.1) is 10.1 Å². The Morgan fingerprint density at radius 2 is 2.25 bits per heavy atom. The highest BCUT2D eigenvalue weighted by molar-refractivity contribution is 6.02. The SMILES string of the molecule is CC(=O)Nc1c([N+](=O)[O-])ccc2n[nH]nc12. The Bertz CT molecular complexity index is 576. The molecule has 8 nitrogen and oxygen atoms in total. The Labute approximate surface area is 88.8 Å². The number of fused-ring (bicyclic) bond motifs is 1. The van der Waals surface area contributed by atoms with Crippen LogP contribution in [0.4, 0.5) is 11.4 Å². The van der Waals surface area contributed by atoms with Gasteiger partial charge in [-0.25, -0.2) is 0 Å². The summed E-state index contributed by atoms with van der Waals surface area (Å²) >= 11 is 0. The highest BCUT2D eigenvalue weighted by Gasteiger charge is 2.19. The Hall–Kier alpha value is -2.51. The second-order valence-corrected chi connectivity index (χ2v) is 3.09. The van der Waals surface area contributed by atoms with Gasteiger partial charge in [0.05, 0.1) is 4.92 Å². The van der Waals surface area contributed by atoms with Crippen LogP contribution >= 0.6 is 0 Å². The number of carbonyl (C=O) groups excluding carboxylic acids is 1. The van der Waals surface area contributed by atoms with Crippen molar-refractivity contribution >= 4 is 28.3 Å². The molecule has 2 rings (SSSR count). The van der Waals surface area contributed by atoms with E-state index in [-0.39, 0.29) is 16.9 Å². The lowest BCUT2D eigenvalue weighted by molar-refractivity contribution is -0.383. The average Bonchev–Trinajstić information content (AvgIpc) is 2.64. The number of carbonyl (C=O) groups is 1. The number of nitrogens with zero attached hydrogens (tertiary/aromatic N) is 3. The quantitative estimate of drug-likeness (QED) is 0.575. The van der Waals surface area contributed by atoms with Crippen molar-refractivity contribution in [3.8, 4) is 0 Å². The number of nitro groups is 1. The third-order valence-electron chi connectivity index (χ3n) is 1.96. The highest BCUT2D eigenvalue weighted by atomic mass is 16.6. The summed E-state index contributed by atoms with van der Waals surface area (Å²) in [4.78, 5) is 21.1. The molecular formula is C8H7N5O3. The third kappa shape index (κ3) is 1.56. The minimum Gasteiger partial charge on any atom is -0.319 e. The van der Waals surface area contributed by atoms with Crippen LogP contribution in [0.5, 0.6) is 0 Å². The van der Waals surface area contributed by atoms with E-state index >= 15 is 0 Å². The molecule has 1 aromatic heterocycles. The summed E-state index contributed by atoms with van der Waals surface area (Å²) in [5.74, 6) is -0.404. The van der Waals surface area contributed by atoms with Crippen LogP contribution in [0.25, 0.3) is 11.0 Å². The lowest BCUT2D eigenvalue weighted by atomic mass is 10.2. The van der Waals surface area contributed by atoms with Gasteiger partial charge in [-0.15, -0.1) is 0 Å². The van der Waals surface area contributed by atoms with Crippen LogP contribution in [-0.4, -0.2) is 26.2 Å². The topological polar surface area (TPSA) is 114 Å². The first-order valence-corrected chi connectivity index (χ1v) is 4.35. The summed E-state index contributed by atoms with van der Waals surface area (Å²) in [6.07, 6.45) is 0. The molecule has 1 heterocycles. The molecule has 2 aromatic rings. The van der Waals surface area contributed by atoms with Crippen molar-refractivity contribution in [1.82, 2.24) is 15.4 Å². The van der Waals surface area contributed by atoms with Gasteiger partial charge in [-0.05, 0) is 6.07 Å². The maximum absolute atomic E-state index is 11.0. The van der Waals surface area contributed by atoms with Crippen molar-refractivity contribution in [3.63, 3.8) is 0 Å². The van der Waals surface area contributed by atoms with Gasteiger partial charge in [0.15, 0.2) is 0 Å². The second kappa shape index (κ2) is 3.57. The van der Waals surface area contributed by atoms with E-state index in [1.54, 1.807) is 0 Å². The minimum atomic E-state index is -0.584. The maximum Gasteiger partial charge on any atom is 0.295 e. The molecule has 0 aliphatic carbocycles. The monoisotopic (exact) mass is 221 g/mol. The first-order chi connectivity index (χ1) is 7.59. The molecule has 0 saturated carbocycles. The molecule has 0 spiro atoms. The van der Waals surface area contributed by atoms with Crippen molar-refractivity contribution in [2.45, 2.75) is 6.92 Å². The van der Waals surface area contributed by atoms with Gasteiger partial charge in [-0.1, -0.05) is 0 Å². The molecule has 1 amide bonds. The van der Waals surface area contributed by atoms with Crippen LogP contribution in [0.1, 0.15) is 6.92 Å². The molecule has 2 N–H and O–H groups in total. The predicted molar refractivity (Wildman–Crippen MR) is 54.8 cm³/mol. The molecule has 8 heteroatoms. The van der Waals surface area contributed by atoms with E-state index in [0.29, 0.717) is 5.52 Å². The largest absolute Gasteiger partial charge is 0.319 e. The van der Waals surface area contributed by atoms with Gasteiger partial charge in [-0.3, -0.25) is 14.9 Å². The van der Waals surface area contributed by atoms with Crippen molar-refractivity contribution in [3.05, 3.63) is 22.2 Å². The smallest absolute Gasteiger partial charge is 0.295 e. The van der Waals surface area contributed by atoms with Crippen molar-refractivity contribution in [1.29, 1.82) is 0 Å². The summed E-state index contributed by atoms with van der Waals surface area (Å²) in [6.45, 7) is 1.27. The van der Waals surface area contributed by atoms with Crippen molar-refractivity contribution < 1.29 is 9.72 Å². The number of aromatic amines is 1. The van der Waals surface area contributed by atoms with E-state index in [1.807, 2.05) is 0 Å². The number of hydrogen-bond acceptors (Lipinski definition) is 5. The number of benzene rings is 1. The molecule has 0 atom stereocenters. The molecule has 0 unspecified atom stereocenters. The van der Waals surface area contributed by atoms with Gasteiger partial charge in [0, 0.05) is 13.0 Å². The van der Waals surface area contributed by atoms with Crippen molar-refractivity contribution in [2.24, 2.45) is 0 Å². The lowest BCUT2D eigenvalue weighted by Crippen LogP contribution is -2.08. The number of nitrogens with one attached hydrogen (secondary N) is 2. The van der Waals surface area contributed by atoms with E-state index in [2.05, 4.69) is 20.7 Å². The van der Waals surface area contributed by atoms with Gasteiger partial charge >= 0.3 is 0 Å². The fourth-order valence-corrected chi connectivity index (χ4v) is 1.35. The Morgan fingerprint density at radius 1 is 1.50 bits per heavy atom. The number of H-pyrrole nitrogens is 1. The molecule has 16 heavy (non-hydrogen) atoms. The van der Waals surface area contributed by atoms with E-state index in [9.17, 15) is 14.9 Å². The zero-order chi connectivity index (χ0) is 11.7. The minimum absolute atomic E-state index is 0.0590. The van der Waals surface area contributed by atoms with Gasteiger partial charge in [0.25, 0.3) is 5.69 Å². The van der Waals surface area contributed by atoms with E-state index in [1.165, 1.54) is 19.1 Å². The van der Waals surface area contributed by atoms with E-state index < -0.39 is 10.8 Å². The summed E-state index contributed by atoms with van der Waals surface area (Å²) in [5.41, 5.74) is 0.569. The molecule has 0 aliphatic rings. The molecule has 0 radical (unpaired) electrons. The number of aromatic nitrogens is 3. The molecule has 0 saturated heterocycles. The number of amides is 1. The zero-order valence-corrected chi connectivity index (χ0v) is 8.22. The number of hydrogen-bond donors (Lipinski definition) is 2. The summed E-state index contributed by atoms with van der Waals surface area (Å²) in [5, 5.41) is 23.0. The first kappa shape index (κ1) is 10.0. The lowest BCUT2D eigenvalue weighted by Gasteiger charge is -2.02. The van der Waals surface area contributed by atoms with Gasteiger partial charge in [0.2, 0.25) is 5.91 Å². The van der Waals surface area contributed by atoms with E-state index in [4.69, 9.17) is 0 Å². The predicted octanol–water partition coefficient (Wildman–Crippen LogP) is 0.824. The molecule has 0 aliphatic heterocycles. The molecule has 0 fully saturated rings. The van der Waals surface area contributed by atoms with Crippen LogP contribution in [0.3, 0.4) is 0 Å². The molecular weight excluding hydrogens is 214 g/mol. The van der Waals surface area contributed by atoms with Gasteiger partial charge < -0.3 is 5.32 Å². The normalized spacial score (nSPS) is 10.3. The standard InChI is InChI=1S/C8H7N5O3/c1-4(14)9-8-6(13(15)16)3-2-5-7(8)11-12-10-5/h2-3H,1H3,(H,9,14)(H,10,11,12). The Balaban J connectivity index is 2.70. The van der Waals surface area contributed by atoms with E-state index in [0.717, 1.165) is 0 Å². The fraction of sp³-hybridized carbons (Fsp3) is 0.125. The summed E-state index contributed by atoms with van der Waals surface area (Å²) < 4.78 is 0. The van der Waals surface area contributed by atoms with Crippen LogP contribution in [0.2, 0.25) is 0 Å². The number of nitro benzene ring substituents is 1. The highest BCUT2D eigenvalue weighted by Crippen LogP contribution is 2.30. The fourth-order valence-electron chi connectivity index (χ4n) is 1.35. The number of rotatable bonds is 2. The van der Waals surface area contributed by atoms with Crippen LogP contribution in [0.15, 0.2) is 12.1 Å². The van der Waals surface area contributed by atoms with Crippen LogP contribution < -0.4 is 5.32 Å². The van der Waals surface area contributed by atoms with Crippen LogP contribution in [-0.2, 0) is 4.79 Å². The second-order valence-electron chi connectivity index (χ2n) is 3.09. The molecule has 0 bridgehead atoms. The summed E-state index contributed by atoms with van der Waals surface area (Å²) in [6, 6.07) is 2.73. The first-order valence-electron chi connectivity index (χ1n) is 4.35. The molecule has 82 valence electrons. The zero-order valence-electron chi connectivity index (χ0n) is 8.22. The third-order valence-corrected chi connectivity index (χ3v) is 1.96. The Morgan fingerprint density at radius 3 is 2.88 bits per heavy atom. The molecule has 1 aromatic carbocycles. The average molecular weight is 221 g/mol.